The van der Waals surface area contributed by atoms with Crippen molar-refractivity contribution in [1.29, 1.82) is 0 Å². The number of anilines is 1. The molecule has 3 N–H and O–H groups in total. The zero-order chi connectivity index (χ0) is 14.0. The third-order valence-corrected chi connectivity index (χ3v) is 4.03. The summed E-state index contributed by atoms with van der Waals surface area (Å²) >= 11 is 0. The molecule has 102 valence electrons. The SMILES string of the molecule is Cc1cnc(C(C)NS(=O)(=O)c2cnccc2N)o1. The molecule has 19 heavy (non-hydrogen) atoms. The summed E-state index contributed by atoms with van der Waals surface area (Å²) in [5.41, 5.74) is 5.76. The number of nitrogens with zero attached hydrogens (tertiary/aromatic N) is 2. The molecule has 0 spiro atoms. The van der Waals surface area contributed by atoms with Crippen LogP contribution in [0.2, 0.25) is 0 Å². The minimum Gasteiger partial charge on any atom is -0.444 e. The van der Waals surface area contributed by atoms with Gasteiger partial charge in [0.1, 0.15) is 10.7 Å². The Bertz CT molecular complexity index is 681. The average molecular weight is 282 g/mol. The topological polar surface area (TPSA) is 111 Å². The molecule has 0 saturated heterocycles. The molecule has 8 heteroatoms. The minimum absolute atomic E-state index is 0.0647. The van der Waals surface area contributed by atoms with Crippen molar-refractivity contribution in [2.24, 2.45) is 0 Å². The summed E-state index contributed by atoms with van der Waals surface area (Å²) in [5, 5.41) is 0. The van der Waals surface area contributed by atoms with E-state index in [0.717, 1.165) is 0 Å². The molecular formula is C11H14N4O3S. The maximum absolute atomic E-state index is 12.1. The molecule has 0 saturated carbocycles. The van der Waals surface area contributed by atoms with E-state index in [9.17, 15) is 8.42 Å². The van der Waals surface area contributed by atoms with E-state index in [2.05, 4.69) is 14.7 Å². The van der Waals surface area contributed by atoms with Crippen molar-refractivity contribution in [2.75, 3.05) is 5.73 Å². The molecule has 2 heterocycles. The third-order valence-electron chi connectivity index (χ3n) is 2.45. The Kier molecular flexibility index (Phi) is 3.54. The molecule has 0 fully saturated rings. The van der Waals surface area contributed by atoms with Gasteiger partial charge in [-0.3, -0.25) is 4.98 Å². The fourth-order valence-corrected chi connectivity index (χ4v) is 2.81. The van der Waals surface area contributed by atoms with Gasteiger partial charge in [-0.25, -0.2) is 13.4 Å². The lowest BCUT2D eigenvalue weighted by Crippen LogP contribution is -2.27. The fraction of sp³-hybridized carbons (Fsp3) is 0.273. The first-order valence-electron chi connectivity index (χ1n) is 5.54. The maximum Gasteiger partial charge on any atom is 0.244 e. The van der Waals surface area contributed by atoms with Crippen molar-refractivity contribution in [3.8, 4) is 0 Å². The van der Waals surface area contributed by atoms with E-state index < -0.39 is 16.1 Å². The molecule has 0 bridgehead atoms. The second-order valence-corrected chi connectivity index (χ2v) is 5.75. The molecule has 0 aliphatic rings. The van der Waals surface area contributed by atoms with E-state index in [4.69, 9.17) is 10.2 Å². The number of hydrogen-bond donors (Lipinski definition) is 2. The normalized spacial score (nSPS) is 13.4. The van der Waals surface area contributed by atoms with Crippen LogP contribution in [0.4, 0.5) is 5.69 Å². The van der Waals surface area contributed by atoms with Crippen LogP contribution >= 0.6 is 0 Å². The molecule has 0 aliphatic heterocycles. The average Bonchev–Trinajstić information content (AvgIpc) is 2.76. The van der Waals surface area contributed by atoms with Crippen molar-refractivity contribution >= 4 is 15.7 Å². The molecule has 0 amide bonds. The summed E-state index contributed by atoms with van der Waals surface area (Å²) in [4.78, 5) is 7.67. The summed E-state index contributed by atoms with van der Waals surface area (Å²) in [7, 11) is -3.77. The predicted octanol–water partition coefficient (Wildman–Crippen LogP) is 1.000. The van der Waals surface area contributed by atoms with E-state index in [1.165, 1.54) is 24.7 Å². The van der Waals surface area contributed by atoms with Gasteiger partial charge in [-0.1, -0.05) is 0 Å². The Balaban J connectivity index is 2.25. The van der Waals surface area contributed by atoms with Crippen LogP contribution in [0.15, 0.2) is 34.0 Å². The van der Waals surface area contributed by atoms with Gasteiger partial charge in [-0.2, -0.15) is 4.72 Å². The maximum atomic E-state index is 12.1. The zero-order valence-electron chi connectivity index (χ0n) is 10.5. The summed E-state index contributed by atoms with van der Waals surface area (Å²) < 4.78 is 32.0. The van der Waals surface area contributed by atoms with Gasteiger partial charge in [0.05, 0.1) is 17.9 Å². The summed E-state index contributed by atoms with van der Waals surface area (Å²) in [6.07, 6.45) is 4.15. The van der Waals surface area contributed by atoms with Crippen LogP contribution in [-0.2, 0) is 10.0 Å². The van der Waals surface area contributed by atoms with Crippen LogP contribution in [0.3, 0.4) is 0 Å². The van der Waals surface area contributed by atoms with Crippen LogP contribution in [-0.4, -0.2) is 18.4 Å². The van der Waals surface area contributed by atoms with Crippen molar-refractivity contribution < 1.29 is 12.8 Å². The Morgan fingerprint density at radius 2 is 2.16 bits per heavy atom. The summed E-state index contributed by atoms with van der Waals surface area (Å²) in [6.45, 7) is 3.37. The summed E-state index contributed by atoms with van der Waals surface area (Å²) in [6, 6.07) is 0.826. The van der Waals surface area contributed by atoms with Gasteiger partial charge in [0.15, 0.2) is 0 Å². The smallest absolute Gasteiger partial charge is 0.244 e. The van der Waals surface area contributed by atoms with Crippen molar-refractivity contribution in [3.63, 3.8) is 0 Å². The van der Waals surface area contributed by atoms with Gasteiger partial charge in [0.2, 0.25) is 15.9 Å². The Labute approximate surface area is 110 Å². The number of hydrogen-bond acceptors (Lipinski definition) is 6. The molecule has 0 radical (unpaired) electrons. The van der Waals surface area contributed by atoms with Gasteiger partial charge >= 0.3 is 0 Å². The van der Waals surface area contributed by atoms with Crippen LogP contribution in [0.5, 0.6) is 0 Å². The van der Waals surface area contributed by atoms with Gasteiger partial charge in [0, 0.05) is 12.4 Å². The highest BCUT2D eigenvalue weighted by Crippen LogP contribution is 2.19. The number of aromatic nitrogens is 2. The molecule has 2 rings (SSSR count). The molecule has 2 aromatic rings. The molecule has 1 atom stereocenters. The molecule has 1 unspecified atom stereocenters. The number of oxazole rings is 1. The Morgan fingerprint density at radius 3 is 2.74 bits per heavy atom. The van der Waals surface area contributed by atoms with E-state index in [-0.39, 0.29) is 10.6 Å². The highest BCUT2D eigenvalue weighted by molar-refractivity contribution is 7.89. The predicted molar refractivity (Wildman–Crippen MR) is 68.6 cm³/mol. The lowest BCUT2D eigenvalue weighted by Gasteiger charge is -2.12. The number of aryl methyl sites for hydroxylation is 1. The standard InChI is InChI=1S/C11H14N4O3S/c1-7-5-14-11(18-7)8(2)15-19(16,17)10-6-13-4-3-9(10)12/h3-6,8,15H,1-2H3,(H2,12,13). The first-order chi connectivity index (χ1) is 8.90. The van der Waals surface area contributed by atoms with Crippen molar-refractivity contribution in [3.05, 3.63) is 36.3 Å². The van der Waals surface area contributed by atoms with Gasteiger partial charge in [0.25, 0.3) is 0 Å². The van der Waals surface area contributed by atoms with Gasteiger partial charge in [-0.05, 0) is 19.9 Å². The highest BCUT2D eigenvalue weighted by Gasteiger charge is 2.23. The van der Waals surface area contributed by atoms with Crippen molar-refractivity contribution in [1.82, 2.24) is 14.7 Å². The largest absolute Gasteiger partial charge is 0.444 e. The monoisotopic (exact) mass is 282 g/mol. The van der Waals surface area contributed by atoms with E-state index in [1.54, 1.807) is 13.8 Å². The van der Waals surface area contributed by atoms with Crippen LogP contribution in [0.25, 0.3) is 0 Å². The molecule has 7 nitrogen and oxygen atoms in total. The molecular weight excluding hydrogens is 268 g/mol. The number of nitrogen functional groups attached to an aromatic ring is 1. The lowest BCUT2D eigenvalue weighted by atomic mass is 10.4. The number of pyridine rings is 1. The lowest BCUT2D eigenvalue weighted by molar-refractivity contribution is 0.428. The van der Waals surface area contributed by atoms with Gasteiger partial charge < -0.3 is 10.2 Å². The number of sulfonamides is 1. The van der Waals surface area contributed by atoms with E-state index >= 15 is 0 Å². The minimum atomic E-state index is -3.77. The molecule has 0 aliphatic carbocycles. The third kappa shape index (κ3) is 2.91. The summed E-state index contributed by atoms with van der Waals surface area (Å²) in [5.74, 6) is 0.908. The zero-order valence-corrected chi connectivity index (χ0v) is 11.3. The van der Waals surface area contributed by atoms with E-state index in [1.807, 2.05) is 0 Å². The second-order valence-electron chi connectivity index (χ2n) is 4.07. The number of nitrogens with one attached hydrogen (secondary N) is 1. The number of rotatable bonds is 4. The van der Waals surface area contributed by atoms with Crippen LogP contribution in [0, 0.1) is 6.92 Å². The fourth-order valence-electron chi connectivity index (χ4n) is 1.53. The molecule has 2 aromatic heterocycles. The van der Waals surface area contributed by atoms with Crippen molar-refractivity contribution in [2.45, 2.75) is 24.8 Å². The highest BCUT2D eigenvalue weighted by atomic mass is 32.2. The number of nitrogens with two attached hydrogens (primary N) is 1. The quantitative estimate of drug-likeness (QED) is 0.865. The second kappa shape index (κ2) is 4.98. The molecule has 0 aromatic carbocycles. The first-order valence-corrected chi connectivity index (χ1v) is 7.02. The van der Waals surface area contributed by atoms with Crippen LogP contribution in [0.1, 0.15) is 24.6 Å². The van der Waals surface area contributed by atoms with Crippen LogP contribution < -0.4 is 10.5 Å². The first kappa shape index (κ1) is 13.5. The van der Waals surface area contributed by atoms with E-state index in [0.29, 0.717) is 11.7 Å². The van der Waals surface area contributed by atoms with Gasteiger partial charge in [-0.15, -0.1) is 0 Å². The Morgan fingerprint density at radius 1 is 1.42 bits per heavy atom. The Hall–Kier alpha value is -1.93.